The Kier molecular flexibility index (Phi) is 2.32. The van der Waals surface area contributed by atoms with Crippen molar-refractivity contribution in [3.8, 4) is 5.75 Å². The van der Waals surface area contributed by atoms with E-state index in [1.807, 2.05) is 6.07 Å². The molecule has 0 unspecified atom stereocenters. The third-order valence-corrected chi connectivity index (χ3v) is 2.36. The first-order valence-electron chi connectivity index (χ1n) is 5.09. The zero-order chi connectivity index (χ0) is 10.1. The second kappa shape index (κ2) is 3.48. The Hall–Kier alpha value is -1.25. The number of nitrogens with zero attached hydrogens (tertiary/aromatic N) is 1. The maximum Gasteiger partial charge on any atom is 0.141 e. The lowest BCUT2D eigenvalue weighted by Crippen LogP contribution is -2.03. The summed E-state index contributed by atoms with van der Waals surface area (Å²) in [5, 5.41) is 0. The van der Waals surface area contributed by atoms with Crippen molar-refractivity contribution in [3.63, 3.8) is 0 Å². The summed E-state index contributed by atoms with van der Waals surface area (Å²) in [6, 6.07) is 1.91. The van der Waals surface area contributed by atoms with Crippen LogP contribution in [0.4, 0.5) is 5.82 Å². The van der Waals surface area contributed by atoms with Gasteiger partial charge in [-0.15, -0.1) is 0 Å². The van der Waals surface area contributed by atoms with Crippen LogP contribution in [0.2, 0.25) is 0 Å². The molecule has 14 heavy (non-hydrogen) atoms. The highest BCUT2D eigenvalue weighted by Crippen LogP contribution is 2.32. The molecule has 0 saturated heterocycles. The summed E-state index contributed by atoms with van der Waals surface area (Å²) in [7, 11) is 0. The van der Waals surface area contributed by atoms with E-state index in [4.69, 9.17) is 10.5 Å². The number of nitrogen functional groups attached to an aromatic ring is 1. The van der Waals surface area contributed by atoms with Gasteiger partial charge in [0.05, 0.1) is 12.3 Å². The normalized spacial score (nSPS) is 15.9. The van der Waals surface area contributed by atoms with Gasteiger partial charge in [0.1, 0.15) is 11.6 Å². The second-order valence-corrected chi connectivity index (χ2v) is 4.12. The van der Waals surface area contributed by atoms with Crippen molar-refractivity contribution in [1.29, 1.82) is 0 Å². The highest BCUT2D eigenvalue weighted by atomic mass is 16.5. The van der Waals surface area contributed by atoms with E-state index in [1.165, 1.54) is 12.8 Å². The molecule has 1 aromatic rings. The van der Waals surface area contributed by atoms with Crippen LogP contribution in [0.3, 0.4) is 0 Å². The maximum atomic E-state index is 5.75. The fourth-order valence-corrected chi connectivity index (χ4v) is 1.39. The highest BCUT2D eigenvalue weighted by Gasteiger charge is 2.25. The zero-order valence-electron chi connectivity index (χ0n) is 8.66. The predicted octanol–water partition coefficient (Wildman–Crippen LogP) is 2.33. The van der Waals surface area contributed by atoms with E-state index in [0.29, 0.717) is 17.8 Å². The molecule has 3 heteroatoms. The van der Waals surface area contributed by atoms with Gasteiger partial charge in [-0.05, 0) is 24.8 Å². The molecule has 1 aliphatic rings. The van der Waals surface area contributed by atoms with Crippen molar-refractivity contribution in [2.24, 2.45) is 0 Å². The van der Waals surface area contributed by atoms with E-state index in [0.717, 1.165) is 11.3 Å². The van der Waals surface area contributed by atoms with Crippen molar-refractivity contribution in [2.75, 3.05) is 5.73 Å². The maximum absolute atomic E-state index is 5.75. The largest absolute Gasteiger partial charge is 0.489 e. The standard InChI is InChI=1S/C11H16N2O/c1-7(2)9-5-11(12)13-6-10(9)14-8-3-4-8/h5-8H,3-4H2,1-2H3,(H2,12,13). The first-order valence-corrected chi connectivity index (χ1v) is 5.09. The molecule has 0 bridgehead atoms. The molecule has 0 aromatic carbocycles. The summed E-state index contributed by atoms with van der Waals surface area (Å²) >= 11 is 0. The number of rotatable bonds is 3. The van der Waals surface area contributed by atoms with Crippen LogP contribution in [0, 0.1) is 0 Å². The fourth-order valence-electron chi connectivity index (χ4n) is 1.39. The Bertz CT molecular complexity index is 332. The van der Waals surface area contributed by atoms with Crippen LogP contribution in [-0.2, 0) is 0 Å². The van der Waals surface area contributed by atoms with Crippen LogP contribution in [0.5, 0.6) is 5.75 Å². The summed E-state index contributed by atoms with van der Waals surface area (Å²) in [4.78, 5) is 4.06. The van der Waals surface area contributed by atoms with Crippen LogP contribution in [-0.4, -0.2) is 11.1 Å². The van der Waals surface area contributed by atoms with Gasteiger partial charge in [0.25, 0.3) is 0 Å². The molecule has 3 nitrogen and oxygen atoms in total. The summed E-state index contributed by atoms with van der Waals surface area (Å²) < 4.78 is 5.75. The molecule has 2 rings (SSSR count). The van der Waals surface area contributed by atoms with Gasteiger partial charge in [-0.3, -0.25) is 0 Å². The van der Waals surface area contributed by atoms with Crippen LogP contribution >= 0.6 is 0 Å². The van der Waals surface area contributed by atoms with E-state index in [2.05, 4.69) is 18.8 Å². The van der Waals surface area contributed by atoms with Crippen molar-refractivity contribution >= 4 is 5.82 Å². The van der Waals surface area contributed by atoms with Crippen LogP contribution < -0.4 is 10.5 Å². The molecule has 1 aromatic heterocycles. The molecule has 0 aliphatic heterocycles. The van der Waals surface area contributed by atoms with Gasteiger partial charge in [-0.2, -0.15) is 0 Å². The molecule has 1 heterocycles. The molecular formula is C11H16N2O. The Morgan fingerprint density at radius 2 is 2.21 bits per heavy atom. The molecule has 0 spiro atoms. The number of ether oxygens (including phenoxy) is 1. The van der Waals surface area contributed by atoms with Gasteiger partial charge in [0.2, 0.25) is 0 Å². The summed E-state index contributed by atoms with van der Waals surface area (Å²) in [5.74, 6) is 1.89. The zero-order valence-corrected chi connectivity index (χ0v) is 8.66. The van der Waals surface area contributed by atoms with E-state index in [1.54, 1.807) is 6.20 Å². The van der Waals surface area contributed by atoms with Crippen LogP contribution in [0.15, 0.2) is 12.3 Å². The van der Waals surface area contributed by atoms with Crippen LogP contribution in [0.25, 0.3) is 0 Å². The fraction of sp³-hybridized carbons (Fsp3) is 0.545. The topological polar surface area (TPSA) is 48.1 Å². The molecule has 2 N–H and O–H groups in total. The lowest BCUT2D eigenvalue weighted by molar-refractivity contribution is 0.297. The monoisotopic (exact) mass is 192 g/mol. The van der Waals surface area contributed by atoms with E-state index < -0.39 is 0 Å². The molecule has 0 atom stereocenters. The third kappa shape index (κ3) is 1.97. The van der Waals surface area contributed by atoms with E-state index in [9.17, 15) is 0 Å². The Morgan fingerprint density at radius 3 is 2.79 bits per heavy atom. The number of aromatic nitrogens is 1. The first-order chi connectivity index (χ1) is 6.66. The molecule has 0 radical (unpaired) electrons. The minimum atomic E-state index is 0.415. The van der Waals surface area contributed by atoms with Gasteiger partial charge in [0.15, 0.2) is 0 Å². The molecule has 1 saturated carbocycles. The summed E-state index contributed by atoms with van der Waals surface area (Å²) in [6.45, 7) is 4.27. The molecular weight excluding hydrogens is 176 g/mol. The quantitative estimate of drug-likeness (QED) is 0.799. The summed E-state index contributed by atoms with van der Waals surface area (Å²) in [5.41, 5.74) is 6.80. The molecule has 76 valence electrons. The number of anilines is 1. The Labute approximate surface area is 84.3 Å². The number of pyridine rings is 1. The van der Waals surface area contributed by atoms with E-state index in [-0.39, 0.29) is 0 Å². The Morgan fingerprint density at radius 1 is 1.50 bits per heavy atom. The molecule has 0 amide bonds. The second-order valence-electron chi connectivity index (χ2n) is 4.12. The minimum absolute atomic E-state index is 0.415. The number of hydrogen-bond acceptors (Lipinski definition) is 3. The van der Waals surface area contributed by atoms with Crippen molar-refractivity contribution in [3.05, 3.63) is 17.8 Å². The van der Waals surface area contributed by atoms with Gasteiger partial charge in [0, 0.05) is 5.56 Å². The lowest BCUT2D eigenvalue weighted by atomic mass is 10.0. The van der Waals surface area contributed by atoms with Gasteiger partial charge < -0.3 is 10.5 Å². The van der Waals surface area contributed by atoms with Crippen molar-refractivity contribution < 1.29 is 4.74 Å². The molecule has 1 fully saturated rings. The van der Waals surface area contributed by atoms with Crippen LogP contribution in [0.1, 0.15) is 38.2 Å². The average Bonchev–Trinajstić information content (AvgIpc) is 2.91. The predicted molar refractivity (Wildman–Crippen MR) is 56.4 cm³/mol. The smallest absolute Gasteiger partial charge is 0.141 e. The van der Waals surface area contributed by atoms with E-state index >= 15 is 0 Å². The lowest BCUT2D eigenvalue weighted by Gasteiger charge is -2.13. The first kappa shape index (κ1) is 9.31. The number of hydrogen-bond donors (Lipinski definition) is 1. The van der Waals surface area contributed by atoms with Gasteiger partial charge >= 0.3 is 0 Å². The highest BCUT2D eigenvalue weighted by molar-refractivity contribution is 5.42. The molecule has 1 aliphatic carbocycles. The van der Waals surface area contributed by atoms with Gasteiger partial charge in [-0.25, -0.2) is 4.98 Å². The number of nitrogens with two attached hydrogens (primary N) is 1. The Balaban J connectivity index is 2.26. The van der Waals surface area contributed by atoms with Crippen molar-refractivity contribution in [2.45, 2.75) is 38.7 Å². The average molecular weight is 192 g/mol. The summed E-state index contributed by atoms with van der Waals surface area (Å²) in [6.07, 6.45) is 4.49. The van der Waals surface area contributed by atoms with Gasteiger partial charge in [-0.1, -0.05) is 13.8 Å². The third-order valence-electron chi connectivity index (χ3n) is 2.36. The minimum Gasteiger partial charge on any atom is -0.489 e. The van der Waals surface area contributed by atoms with Crippen molar-refractivity contribution in [1.82, 2.24) is 4.98 Å². The SMILES string of the molecule is CC(C)c1cc(N)ncc1OC1CC1.